The Labute approximate surface area is 138 Å². The van der Waals surface area contributed by atoms with E-state index in [4.69, 9.17) is 17.4 Å². The van der Waals surface area contributed by atoms with Crippen molar-refractivity contribution in [2.45, 2.75) is 12.5 Å². The van der Waals surface area contributed by atoms with E-state index >= 15 is 0 Å². The molecule has 0 saturated carbocycles. The predicted molar refractivity (Wildman–Crippen MR) is 87.0 cm³/mol. The molecule has 0 heterocycles. The van der Waals surface area contributed by atoms with Gasteiger partial charge in [0.15, 0.2) is 0 Å². The minimum absolute atomic E-state index is 0.121. The summed E-state index contributed by atoms with van der Waals surface area (Å²) in [4.78, 5) is 0. The van der Waals surface area contributed by atoms with Gasteiger partial charge in [0.05, 0.1) is 11.1 Å². The van der Waals surface area contributed by atoms with Crippen LogP contribution in [0.3, 0.4) is 0 Å². The standard InChI is InChI=1S/C14H12Br2ClFN2/c15-9-2-3-10(11(16)7-9)14(20-19)6-8-1-4-12(17)13(18)5-8/h1-5,7,14,20H,6,19H2. The van der Waals surface area contributed by atoms with E-state index in [9.17, 15) is 4.39 Å². The molecule has 0 aliphatic heterocycles. The molecule has 0 spiro atoms. The van der Waals surface area contributed by atoms with E-state index in [1.165, 1.54) is 6.07 Å². The van der Waals surface area contributed by atoms with Crippen LogP contribution in [0, 0.1) is 5.82 Å². The van der Waals surface area contributed by atoms with E-state index in [-0.39, 0.29) is 11.1 Å². The first-order chi connectivity index (χ1) is 9.51. The van der Waals surface area contributed by atoms with E-state index in [0.29, 0.717) is 6.42 Å². The summed E-state index contributed by atoms with van der Waals surface area (Å²) in [6, 6.07) is 10.5. The van der Waals surface area contributed by atoms with Gasteiger partial charge in [-0.05, 0) is 41.8 Å². The molecule has 0 fully saturated rings. The van der Waals surface area contributed by atoms with Gasteiger partial charge in [-0.15, -0.1) is 0 Å². The monoisotopic (exact) mass is 420 g/mol. The summed E-state index contributed by atoms with van der Waals surface area (Å²) in [5.74, 6) is 5.20. The Kier molecular flexibility index (Phi) is 5.57. The van der Waals surface area contributed by atoms with Crippen molar-refractivity contribution in [3.05, 3.63) is 67.3 Å². The van der Waals surface area contributed by atoms with Crippen molar-refractivity contribution in [2.24, 2.45) is 5.84 Å². The van der Waals surface area contributed by atoms with Crippen LogP contribution in [-0.4, -0.2) is 0 Å². The van der Waals surface area contributed by atoms with Crippen molar-refractivity contribution >= 4 is 43.5 Å². The summed E-state index contributed by atoms with van der Waals surface area (Å²) in [5.41, 5.74) is 4.59. The maximum Gasteiger partial charge on any atom is 0.142 e. The van der Waals surface area contributed by atoms with Crippen molar-refractivity contribution in [1.29, 1.82) is 0 Å². The molecular formula is C14H12Br2ClFN2. The molecule has 1 unspecified atom stereocenters. The quantitative estimate of drug-likeness (QED) is 0.551. The lowest BCUT2D eigenvalue weighted by Gasteiger charge is -2.18. The fraction of sp³-hybridized carbons (Fsp3) is 0.143. The molecule has 0 aliphatic carbocycles. The number of nitrogens with two attached hydrogens (primary N) is 1. The zero-order valence-corrected chi connectivity index (χ0v) is 14.3. The maximum absolute atomic E-state index is 13.5. The van der Waals surface area contributed by atoms with Crippen LogP contribution in [-0.2, 0) is 6.42 Å². The molecule has 106 valence electrons. The molecule has 6 heteroatoms. The average molecular weight is 423 g/mol. The van der Waals surface area contributed by atoms with Gasteiger partial charge in [0.1, 0.15) is 5.82 Å². The third-order valence-corrected chi connectivity index (χ3v) is 4.45. The van der Waals surface area contributed by atoms with Gasteiger partial charge in [0.25, 0.3) is 0 Å². The van der Waals surface area contributed by atoms with Crippen LogP contribution < -0.4 is 11.3 Å². The van der Waals surface area contributed by atoms with Crippen molar-refractivity contribution in [3.63, 3.8) is 0 Å². The molecule has 0 aromatic heterocycles. The first-order valence-electron chi connectivity index (χ1n) is 5.86. The maximum atomic E-state index is 13.5. The van der Waals surface area contributed by atoms with E-state index < -0.39 is 5.82 Å². The van der Waals surface area contributed by atoms with Crippen LogP contribution in [0.5, 0.6) is 0 Å². The van der Waals surface area contributed by atoms with Crippen LogP contribution in [0.1, 0.15) is 17.2 Å². The normalized spacial score (nSPS) is 12.4. The molecule has 0 radical (unpaired) electrons. The summed E-state index contributed by atoms with van der Waals surface area (Å²) in [5, 5.41) is 0.121. The number of hydrazine groups is 1. The highest BCUT2D eigenvalue weighted by molar-refractivity contribution is 9.11. The van der Waals surface area contributed by atoms with Gasteiger partial charge in [-0.2, -0.15) is 0 Å². The van der Waals surface area contributed by atoms with Crippen molar-refractivity contribution in [1.82, 2.24) is 5.43 Å². The Balaban J connectivity index is 2.26. The summed E-state index contributed by atoms with van der Waals surface area (Å²) in [6.45, 7) is 0. The molecular weight excluding hydrogens is 410 g/mol. The molecule has 0 saturated heterocycles. The van der Waals surface area contributed by atoms with Gasteiger partial charge in [0.2, 0.25) is 0 Å². The molecule has 2 nitrogen and oxygen atoms in total. The second-order valence-corrected chi connectivity index (χ2v) is 6.51. The topological polar surface area (TPSA) is 38.0 Å². The van der Waals surface area contributed by atoms with Crippen molar-refractivity contribution in [3.8, 4) is 0 Å². The van der Waals surface area contributed by atoms with Gasteiger partial charge < -0.3 is 0 Å². The molecule has 1 atom stereocenters. The highest BCUT2D eigenvalue weighted by Crippen LogP contribution is 2.29. The summed E-state index contributed by atoms with van der Waals surface area (Å²) in [7, 11) is 0. The van der Waals surface area contributed by atoms with E-state index in [1.54, 1.807) is 12.1 Å². The molecule has 2 aromatic carbocycles. The average Bonchev–Trinajstić information content (AvgIpc) is 2.41. The SMILES string of the molecule is NNC(Cc1ccc(Cl)c(F)c1)c1ccc(Br)cc1Br. The van der Waals surface area contributed by atoms with Crippen LogP contribution in [0.25, 0.3) is 0 Å². The highest BCUT2D eigenvalue weighted by Gasteiger charge is 2.15. The van der Waals surface area contributed by atoms with E-state index in [2.05, 4.69) is 37.3 Å². The largest absolute Gasteiger partial charge is 0.271 e. The van der Waals surface area contributed by atoms with Crippen LogP contribution in [0.2, 0.25) is 5.02 Å². The third-order valence-electron chi connectivity index (χ3n) is 2.96. The number of halogens is 4. The second kappa shape index (κ2) is 7.00. The first kappa shape index (κ1) is 15.9. The summed E-state index contributed by atoms with van der Waals surface area (Å²) >= 11 is 12.6. The van der Waals surface area contributed by atoms with Crippen molar-refractivity contribution in [2.75, 3.05) is 0 Å². The lowest BCUT2D eigenvalue weighted by atomic mass is 9.99. The molecule has 0 aliphatic rings. The molecule has 3 N–H and O–H groups in total. The van der Waals surface area contributed by atoms with Crippen LogP contribution in [0.4, 0.5) is 4.39 Å². The highest BCUT2D eigenvalue weighted by atomic mass is 79.9. The summed E-state index contributed by atoms with van der Waals surface area (Å²) < 4.78 is 15.4. The van der Waals surface area contributed by atoms with E-state index in [1.807, 2.05) is 18.2 Å². The lowest BCUT2D eigenvalue weighted by molar-refractivity contribution is 0.546. The van der Waals surface area contributed by atoms with Crippen LogP contribution in [0.15, 0.2) is 45.3 Å². The predicted octanol–water partition coefficient (Wildman–Crippen LogP) is 4.75. The van der Waals surface area contributed by atoms with Gasteiger partial charge >= 0.3 is 0 Å². The number of hydrogen-bond acceptors (Lipinski definition) is 2. The number of hydrogen-bond donors (Lipinski definition) is 2. The second-order valence-electron chi connectivity index (χ2n) is 4.34. The smallest absolute Gasteiger partial charge is 0.142 e. The zero-order chi connectivity index (χ0) is 14.7. The molecule has 2 rings (SSSR count). The molecule has 2 aromatic rings. The Hall–Kier alpha value is -0.460. The van der Waals surface area contributed by atoms with E-state index in [0.717, 1.165) is 20.1 Å². The van der Waals surface area contributed by atoms with Gasteiger partial charge in [-0.25, -0.2) is 4.39 Å². The Morgan fingerprint density at radius 3 is 2.55 bits per heavy atom. The number of rotatable bonds is 4. The van der Waals surface area contributed by atoms with Crippen LogP contribution >= 0.6 is 43.5 Å². The molecule has 0 amide bonds. The Bertz CT molecular complexity index is 622. The third kappa shape index (κ3) is 3.80. The Morgan fingerprint density at radius 2 is 1.95 bits per heavy atom. The first-order valence-corrected chi connectivity index (χ1v) is 7.82. The molecule has 20 heavy (non-hydrogen) atoms. The van der Waals surface area contributed by atoms with Gasteiger partial charge in [-0.1, -0.05) is 55.6 Å². The van der Waals surface area contributed by atoms with Crippen molar-refractivity contribution < 1.29 is 4.39 Å². The lowest BCUT2D eigenvalue weighted by Crippen LogP contribution is -2.29. The molecule has 0 bridgehead atoms. The minimum atomic E-state index is -0.421. The van der Waals surface area contributed by atoms with Gasteiger partial charge in [0, 0.05) is 8.95 Å². The van der Waals surface area contributed by atoms with Gasteiger partial charge in [-0.3, -0.25) is 11.3 Å². The minimum Gasteiger partial charge on any atom is -0.271 e. The number of nitrogens with one attached hydrogen (secondary N) is 1. The zero-order valence-electron chi connectivity index (χ0n) is 10.3. The Morgan fingerprint density at radius 1 is 1.20 bits per heavy atom. The number of benzene rings is 2. The fourth-order valence-electron chi connectivity index (χ4n) is 1.95. The summed E-state index contributed by atoms with van der Waals surface area (Å²) in [6.07, 6.45) is 0.560. The fourth-order valence-corrected chi connectivity index (χ4v) is 3.39.